The Morgan fingerprint density at radius 3 is 2.26 bits per heavy atom. The average molecular weight is 370 g/mol. The lowest BCUT2D eigenvalue weighted by molar-refractivity contribution is -0.102. The fourth-order valence-electron chi connectivity index (χ4n) is 6.27. The van der Waals surface area contributed by atoms with Crippen LogP contribution in [-0.4, -0.2) is 28.5 Å². The van der Waals surface area contributed by atoms with Crippen LogP contribution in [0.3, 0.4) is 0 Å². The molecule has 0 aliphatic heterocycles. The first-order valence-electron chi connectivity index (χ1n) is 10.8. The number of hydrogen-bond acceptors (Lipinski definition) is 3. The highest BCUT2D eigenvalue weighted by atomic mass is 16.5. The monoisotopic (exact) mass is 370 g/mol. The van der Waals surface area contributed by atoms with Gasteiger partial charge in [0.05, 0.1) is 11.2 Å². The van der Waals surface area contributed by atoms with E-state index in [1.807, 2.05) is 13.8 Å². The van der Waals surface area contributed by atoms with Gasteiger partial charge in [0, 0.05) is 5.82 Å². The Hall–Kier alpha value is -0.835. The molecule has 4 rings (SSSR count). The highest BCUT2D eigenvalue weighted by molar-refractivity contribution is 6.45. The molecule has 3 aliphatic rings. The van der Waals surface area contributed by atoms with E-state index in [2.05, 4.69) is 24.3 Å². The first-order valence-corrected chi connectivity index (χ1v) is 10.8. The van der Waals surface area contributed by atoms with Crippen molar-refractivity contribution in [3.05, 3.63) is 35.4 Å². The number of hydrogen-bond donors (Lipinski definition) is 2. The molecule has 2 spiro atoms. The van der Waals surface area contributed by atoms with Gasteiger partial charge in [-0.1, -0.05) is 49.9 Å². The van der Waals surface area contributed by atoms with Gasteiger partial charge in [-0.15, -0.1) is 0 Å². The number of aliphatic hydroxyl groups is 1. The van der Waals surface area contributed by atoms with Crippen LogP contribution in [0, 0.1) is 0 Å². The number of fused-ring (bicyclic) bond motifs is 3. The third kappa shape index (κ3) is 2.91. The van der Waals surface area contributed by atoms with Crippen molar-refractivity contribution in [2.45, 2.75) is 107 Å². The van der Waals surface area contributed by atoms with Crippen LogP contribution >= 0.6 is 0 Å². The molecule has 148 valence electrons. The quantitative estimate of drug-likeness (QED) is 0.753. The summed E-state index contributed by atoms with van der Waals surface area (Å²) >= 11 is 0. The molecular formula is C23H35BO3. The van der Waals surface area contributed by atoms with Crippen molar-refractivity contribution >= 4 is 7.12 Å². The predicted octanol–water partition coefficient (Wildman–Crippen LogP) is 4.74. The Morgan fingerprint density at radius 2 is 1.63 bits per heavy atom. The molecule has 0 heterocycles. The van der Waals surface area contributed by atoms with E-state index in [0.29, 0.717) is 5.41 Å². The topological polar surface area (TPSA) is 49.7 Å². The van der Waals surface area contributed by atoms with Gasteiger partial charge in [0.2, 0.25) is 0 Å². The molecule has 27 heavy (non-hydrogen) atoms. The molecule has 1 aromatic rings. The van der Waals surface area contributed by atoms with Crippen molar-refractivity contribution in [2.75, 3.05) is 0 Å². The predicted molar refractivity (Wildman–Crippen MR) is 110 cm³/mol. The number of benzene rings is 1. The van der Waals surface area contributed by atoms with Gasteiger partial charge in [-0.3, -0.25) is 0 Å². The SMILES string of the molecule is CC(C)(O)C(C)(C)OB(O)C1CCCC12CC1(CCCC1)c1ccccc12. The van der Waals surface area contributed by atoms with Gasteiger partial charge in [0.1, 0.15) is 0 Å². The largest absolute Gasteiger partial charge is 0.458 e. The molecule has 0 aromatic heterocycles. The van der Waals surface area contributed by atoms with Crippen LogP contribution in [0.2, 0.25) is 5.82 Å². The van der Waals surface area contributed by atoms with E-state index in [4.69, 9.17) is 4.65 Å². The highest BCUT2D eigenvalue weighted by Gasteiger charge is 2.60. The molecule has 1 aromatic carbocycles. The third-order valence-electron chi connectivity index (χ3n) is 8.33. The fraction of sp³-hybridized carbons (Fsp3) is 0.739. The zero-order valence-corrected chi connectivity index (χ0v) is 17.4. The minimum Gasteiger partial charge on any atom is -0.427 e. The van der Waals surface area contributed by atoms with E-state index in [-0.39, 0.29) is 11.2 Å². The molecule has 2 fully saturated rings. The Kier molecular flexibility index (Phi) is 4.57. The standard InChI is InChI=1S/C23H35BO3/c1-20(2,25)21(3,4)27-24(26)19-12-9-15-23(19)16-22(13-7-8-14-22)17-10-5-6-11-18(17)23/h5-6,10-11,19,25-26H,7-9,12-16H2,1-4H3. The molecule has 3 nitrogen and oxygen atoms in total. The molecule has 3 aliphatic carbocycles. The summed E-state index contributed by atoms with van der Waals surface area (Å²) in [5.74, 6) is 0.0975. The van der Waals surface area contributed by atoms with Gasteiger partial charge in [0.15, 0.2) is 0 Å². The van der Waals surface area contributed by atoms with Gasteiger partial charge in [-0.2, -0.15) is 0 Å². The molecule has 2 atom stereocenters. The van der Waals surface area contributed by atoms with Gasteiger partial charge in [0.25, 0.3) is 0 Å². The average Bonchev–Trinajstić information content (AvgIpc) is 3.28. The minimum absolute atomic E-state index is 0.0238. The van der Waals surface area contributed by atoms with E-state index in [9.17, 15) is 10.1 Å². The summed E-state index contributed by atoms with van der Waals surface area (Å²) in [6.45, 7) is 7.25. The molecule has 4 heteroatoms. The lowest BCUT2D eigenvalue weighted by Gasteiger charge is -2.42. The van der Waals surface area contributed by atoms with Crippen LogP contribution in [0.4, 0.5) is 0 Å². The van der Waals surface area contributed by atoms with E-state index in [0.717, 1.165) is 25.7 Å². The molecule has 0 amide bonds. The molecule has 0 radical (unpaired) electrons. The van der Waals surface area contributed by atoms with Crippen LogP contribution in [0.25, 0.3) is 0 Å². The van der Waals surface area contributed by atoms with Gasteiger partial charge in [-0.05, 0) is 75.3 Å². The van der Waals surface area contributed by atoms with Crippen molar-refractivity contribution in [2.24, 2.45) is 0 Å². The molecule has 2 saturated carbocycles. The first kappa shape index (κ1) is 19.5. The second-order valence-corrected chi connectivity index (χ2v) is 10.4. The van der Waals surface area contributed by atoms with E-state index < -0.39 is 18.3 Å². The van der Waals surface area contributed by atoms with E-state index >= 15 is 0 Å². The van der Waals surface area contributed by atoms with E-state index in [1.54, 1.807) is 19.4 Å². The second kappa shape index (κ2) is 6.33. The second-order valence-electron chi connectivity index (χ2n) is 10.4. The zero-order chi connectivity index (χ0) is 19.5. The molecule has 2 N–H and O–H groups in total. The summed E-state index contributed by atoms with van der Waals surface area (Å²) in [4.78, 5) is 0. The van der Waals surface area contributed by atoms with Gasteiger partial charge < -0.3 is 14.8 Å². The molecule has 2 unspecified atom stereocenters. The Bertz CT molecular complexity index is 702. The van der Waals surface area contributed by atoms with Crippen LogP contribution < -0.4 is 0 Å². The fourth-order valence-corrected chi connectivity index (χ4v) is 6.27. The van der Waals surface area contributed by atoms with Crippen molar-refractivity contribution < 1.29 is 14.8 Å². The van der Waals surface area contributed by atoms with Crippen LogP contribution in [0.5, 0.6) is 0 Å². The maximum absolute atomic E-state index is 11.2. The summed E-state index contributed by atoms with van der Waals surface area (Å²) in [6.07, 6.45) is 9.63. The maximum atomic E-state index is 11.2. The smallest absolute Gasteiger partial charge is 0.427 e. The maximum Gasteiger partial charge on any atom is 0.458 e. The van der Waals surface area contributed by atoms with Crippen molar-refractivity contribution in [1.82, 2.24) is 0 Å². The number of rotatable bonds is 4. The van der Waals surface area contributed by atoms with E-state index in [1.165, 1.54) is 31.2 Å². The van der Waals surface area contributed by atoms with Crippen molar-refractivity contribution in [3.63, 3.8) is 0 Å². The summed E-state index contributed by atoms with van der Waals surface area (Å²) < 4.78 is 6.14. The van der Waals surface area contributed by atoms with Crippen LogP contribution in [0.15, 0.2) is 24.3 Å². The Labute approximate surface area is 164 Å². The normalized spacial score (nSPS) is 29.6. The van der Waals surface area contributed by atoms with Crippen molar-refractivity contribution in [3.8, 4) is 0 Å². The van der Waals surface area contributed by atoms with Crippen molar-refractivity contribution in [1.29, 1.82) is 0 Å². The highest BCUT2D eigenvalue weighted by Crippen LogP contribution is 2.66. The molecule has 0 bridgehead atoms. The first-order chi connectivity index (χ1) is 12.6. The summed E-state index contributed by atoms with van der Waals surface area (Å²) in [5, 5.41) is 21.7. The Morgan fingerprint density at radius 1 is 1.00 bits per heavy atom. The summed E-state index contributed by atoms with van der Waals surface area (Å²) in [6, 6.07) is 9.01. The third-order valence-corrected chi connectivity index (χ3v) is 8.33. The van der Waals surface area contributed by atoms with Gasteiger partial charge in [-0.25, -0.2) is 0 Å². The lowest BCUT2D eigenvalue weighted by atomic mass is 9.55. The Balaban J connectivity index is 1.69. The molecule has 0 saturated heterocycles. The zero-order valence-electron chi connectivity index (χ0n) is 17.4. The lowest BCUT2D eigenvalue weighted by Crippen LogP contribution is -2.52. The van der Waals surface area contributed by atoms with Crippen LogP contribution in [0.1, 0.15) is 90.2 Å². The van der Waals surface area contributed by atoms with Crippen LogP contribution in [-0.2, 0) is 15.5 Å². The minimum atomic E-state index is -1.01. The summed E-state index contributed by atoms with van der Waals surface area (Å²) in [5.41, 5.74) is 1.53. The molecular weight excluding hydrogens is 335 g/mol. The van der Waals surface area contributed by atoms with Gasteiger partial charge >= 0.3 is 7.12 Å². The summed E-state index contributed by atoms with van der Waals surface area (Å²) in [7, 11) is -0.849.